The number of nitrogens with one attached hydrogen (secondary N) is 6. The van der Waals surface area contributed by atoms with Crippen LogP contribution in [0.3, 0.4) is 0 Å². The second-order valence-electron chi connectivity index (χ2n) is 12.9. The highest BCUT2D eigenvalue weighted by Gasteiger charge is 2.28. The zero-order valence-corrected chi connectivity index (χ0v) is 31.3. The van der Waals surface area contributed by atoms with Gasteiger partial charge in [0, 0.05) is 31.4 Å². The van der Waals surface area contributed by atoms with Gasteiger partial charge in [-0.1, -0.05) is 55.2 Å². The van der Waals surface area contributed by atoms with Crippen molar-refractivity contribution in [3.8, 4) is 0 Å². The maximum absolute atomic E-state index is 13.1. The molecule has 0 aliphatic carbocycles. The lowest BCUT2D eigenvalue weighted by atomic mass is 10.0. The van der Waals surface area contributed by atoms with Crippen LogP contribution >= 0.6 is 23.2 Å². The van der Waals surface area contributed by atoms with Crippen molar-refractivity contribution in [1.29, 1.82) is 0 Å². The van der Waals surface area contributed by atoms with Crippen LogP contribution in [0, 0.1) is 5.92 Å². The van der Waals surface area contributed by atoms with Gasteiger partial charge in [-0.3, -0.25) is 24.3 Å². The molecule has 54 heavy (non-hydrogen) atoms. The molecule has 3 aromatic rings. The van der Waals surface area contributed by atoms with E-state index in [9.17, 15) is 28.8 Å². The molecular weight excluding hydrogens is 743 g/mol. The number of nitrogens with two attached hydrogens (primary N) is 2. The summed E-state index contributed by atoms with van der Waals surface area (Å²) in [6.07, 6.45) is 2.33. The van der Waals surface area contributed by atoms with Crippen LogP contribution in [0.1, 0.15) is 65.9 Å². The van der Waals surface area contributed by atoms with Gasteiger partial charge in [-0.15, -0.1) is 0 Å². The molecule has 10 N–H and O–H groups in total. The first-order valence-corrected chi connectivity index (χ1v) is 18.0. The summed E-state index contributed by atoms with van der Waals surface area (Å²) in [5, 5.41) is 20.2. The zero-order chi connectivity index (χ0) is 39.4. The van der Waals surface area contributed by atoms with Gasteiger partial charge in [0.25, 0.3) is 11.8 Å². The number of piperidine rings is 1. The number of nitrogens with zero attached hydrogens (tertiary/aromatic N) is 2. The van der Waals surface area contributed by atoms with Crippen molar-refractivity contribution in [2.45, 2.75) is 64.3 Å². The number of carbonyl (C=O) groups excluding carboxylic acids is 6. The normalized spacial score (nSPS) is 14.1. The SMILES string of the molecule is CC(C)[C@H](N)C(=O)N[C@@H](CCCNC(N)=O)C(=O)Nc1ccc(COC(=O)N2CCC(NC(=O)c3[nH]ncc3NC(=O)c3c(Cl)cccc3Cl)CC2)cc1. The number of primary amides is 1. The molecule has 2 heterocycles. The molecule has 2 atom stereocenters. The predicted octanol–water partition coefficient (Wildman–Crippen LogP) is 3.35. The van der Waals surface area contributed by atoms with Crippen LogP contribution in [0.5, 0.6) is 0 Å². The van der Waals surface area contributed by atoms with Crippen LogP contribution in [-0.2, 0) is 20.9 Å². The molecule has 1 fully saturated rings. The molecule has 1 saturated heterocycles. The molecule has 290 valence electrons. The number of anilines is 2. The third-order valence-corrected chi connectivity index (χ3v) is 9.23. The highest BCUT2D eigenvalue weighted by Crippen LogP contribution is 2.26. The summed E-state index contributed by atoms with van der Waals surface area (Å²) in [6, 6.07) is 8.69. The molecule has 7 amide bonds. The molecule has 0 bridgehead atoms. The maximum Gasteiger partial charge on any atom is 0.410 e. The molecule has 2 aromatic carbocycles. The number of ether oxygens (including phenoxy) is 1. The van der Waals surface area contributed by atoms with Crippen LogP contribution in [0.15, 0.2) is 48.7 Å². The number of carbonyl (C=O) groups is 6. The maximum atomic E-state index is 13.1. The third kappa shape index (κ3) is 11.8. The van der Waals surface area contributed by atoms with Gasteiger partial charge in [0.15, 0.2) is 0 Å². The zero-order valence-electron chi connectivity index (χ0n) is 29.7. The van der Waals surface area contributed by atoms with E-state index in [4.69, 9.17) is 39.4 Å². The summed E-state index contributed by atoms with van der Waals surface area (Å²) in [6.45, 7) is 4.48. The van der Waals surface area contributed by atoms with Crippen LogP contribution in [0.25, 0.3) is 0 Å². The Morgan fingerprint density at radius 1 is 0.963 bits per heavy atom. The molecule has 0 spiro atoms. The highest BCUT2D eigenvalue weighted by molar-refractivity contribution is 6.40. The minimum atomic E-state index is -0.911. The highest BCUT2D eigenvalue weighted by atomic mass is 35.5. The predicted molar refractivity (Wildman–Crippen MR) is 202 cm³/mol. The smallest absolute Gasteiger partial charge is 0.410 e. The van der Waals surface area contributed by atoms with Crippen LogP contribution < -0.4 is 38.1 Å². The minimum Gasteiger partial charge on any atom is -0.445 e. The van der Waals surface area contributed by atoms with Crippen LogP contribution in [0.4, 0.5) is 21.0 Å². The quantitative estimate of drug-likeness (QED) is 0.105. The summed E-state index contributed by atoms with van der Waals surface area (Å²) in [4.78, 5) is 76.9. The third-order valence-electron chi connectivity index (χ3n) is 8.60. The summed E-state index contributed by atoms with van der Waals surface area (Å²) in [5.74, 6) is -2.15. The summed E-state index contributed by atoms with van der Waals surface area (Å²) in [5.41, 5.74) is 12.5. The first kappa shape index (κ1) is 41.4. The Morgan fingerprint density at radius 2 is 1.63 bits per heavy atom. The van der Waals surface area contributed by atoms with Gasteiger partial charge in [0.1, 0.15) is 18.3 Å². The van der Waals surface area contributed by atoms with E-state index in [1.807, 2.05) is 0 Å². The molecule has 19 heteroatoms. The van der Waals surface area contributed by atoms with Crippen molar-refractivity contribution in [2.75, 3.05) is 30.3 Å². The van der Waals surface area contributed by atoms with Gasteiger partial charge in [0.05, 0.1) is 33.5 Å². The van der Waals surface area contributed by atoms with Gasteiger partial charge >= 0.3 is 12.1 Å². The average Bonchev–Trinajstić information content (AvgIpc) is 3.60. The van der Waals surface area contributed by atoms with Gasteiger partial charge in [0.2, 0.25) is 11.8 Å². The van der Waals surface area contributed by atoms with Crippen LogP contribution in [-0.4, -0.2) is 88.6 Å². The Bertz CT molecular complexity index is 1790. The number of hydrogen-bond donors (Lipinski definition) is 8. The largest absolute Gasteiger partial charge is 0.445 e. The standard InChI is InChI=1S/C35H44Cl2N10O7/c1-19(2)28(38)32(50)44-25(7-4-14-40-34(39)52)30(48)42-21-10-8-20(9-11-21)18-54-35(53)47-15-12-22(13-16-47)43-33(51)29-26(17-41-46-29)45-31(49)27-23(36)5-3-6-24(27)37/h3,5-6,8-11,17,19,22,25,28H,4,7,12-16,18,38H2,1-2H3,(H,41,46)(H,42,48)(H,43,51)(H,44,50)(H,45,49)(H3,39,40,52)/t25-,28-/m0/s1. The van der Waals surface area contributed by atoms with Crippen molar-refractivity contribution in [1.82, 2.24) is 31.0 Å². The minimum absolute atomic E-state index is 0.0178. The number of halogens is 2. The van der Waals surface area contributed by atoms with Crippen LogP contribution in [0.2, 0.25) is 10.0 Å². The first-order chi connectivity index (χ1) is 25.7. The van der Waals surface area contributed by atoms with E-state index in [-0.39, 0.29) is 58.5 Å². The topological polar surface area (TPSA) is 256 Å². The number of aromatic nitrogens is 2. The second-order valence-corrected chi connectivity index (χ2v) is 13.8. The Balaban J connectivity index is 1.22. The van der Waals surface area contributed by atoms with E-state index < -0.39 is 47.8 Å². The molecule has 0 saturated carbocycles. The number of likely N-dealkylation sites (tertiary alicyclic amines) is 1. The number of H-pyrrole nitrogens is 1. The fourth-order valence-corrected chi connectivity index (χ4v) is 5.99. The first-order valence-electron chi connectivity index (χ1n) is 17.2. The van der Waals surface area contributed by atoms with Crippen molar-refractivity contribution < 1.29 is 33.5 Å². The number of aromatic amines is 1. The monoisotopic (exact) mass is 786 g/mol. The Morgan fingerprint density at radius 3 is 2.26 bits per heavy atom. The molecular formula is C35H44Cl2N10O7. The van der Waals surface area contributed by atoms with Crippen molar-refractivity contribution in [2.24, 2.45) is 17.4 Å². The Hall–Kier alpha value is -5.39. The van der Waals surface area contributed by atoms with E-state index in [1.54, 1.807) is 49.1 Å². The van der Waals surface area contributed by atoms with E-state index in [0.717, 1.165) is 0 Å². The molecule has 4 rings (SSSR count). The molecule has 1 aliphatic heterocycles. The van der Waals surface area contributed by atoms with E-state index >= 15 is 0 Å². The van der Waals surface area contributed by atoms with Gasteiger partial charge < -0.3 is 47.7 Å². The van der Waals surface area contributed by atoms with Gasteiger partial charge in [-0.2, -0.15) is 5.10 Å². The Labute approximate surface area is 321 Å². The lowest BCUT2D eigenvalue weighted by molar-refractivity contribution is -0.128. The molecule has 17 nitrogen and oxygen atoms in total. The summed E-state index contributed by atoms with van der Waals surface area (Å²) >= 11 is 12.3. The van der Waals surface area contributed by atoms with Gasteiger partial charge in [-0.25, -0.2) is 9.59 Å². The number of amides is 7. The van der Waals surface area contributed by atoms with E-state index in [2.05, 4.69) is 36.8 Å². The van der Waals surface area contributed by atoms with E-state index in [0.29, 0.717) is 43.6 Å². The van der Waals surface area contributed by atoms with Crippen molar-refractivity contribution >= 4 is 70.3 Å². The molecule has 1 aliphatic rings. The second kappa shape index (κ2) is 19.6. The number of urea groups is 1. The van der Waals surface area contributed by atoms with Crippen molar-refractivity contribution in [3.63, 3.8) is 0 Å². The lowest BCUT2D eigenvalue weighted by Crippen LogP contribution is -2.51. The number of benzene rings is 2. The molecule has 0 radical (unpaired) electrons. The number of hydrogen-bond acceptors (Lipinski definition) is 9. The number of rotatable bonds is 15. The van der Waals surface area contributed by atoms with E-state index in [1.165, 1.54) is 18.3 Å². The lowest BCUT2D eigenvalue weighted by Gasteiger charge is -2.31. The fourth-order valence-electron chi connectivity index (χ4n) is 5.42. The molecule has 1 aromatic heterocycles. The van der Waals surface area contributed by atoms with Gasteiger partial charge in [-0.05, 0) is 61.4 Å². The average molecular weight is 788 g/mol. The summed E-state index contributed by atoms with van der Waals surface area (Å²) < 4.78 is 5.51. The molecule has 0 unspecified atom stereocenters. The summed E-state index contributed by atoms with van der Waals surface area (Å²) in [7, 11) is 0. The Kier molecular flexibility index (Phi) is 15.0. The van der Waals surface area contributed by atoms with Crippen molar-refractivity contribution in [3.05, 3.63) is 75.5 Å². The fraction of sp³-hybridized carbons (Fsp3) is 0.400.